The Labute approximate surface area is 161 Å². The highest BCUT2D eigenvalue weighted by atomic mass is 16.5. The van der Waals surface area contributed by atoms with Gasteiger partial charge in [-0.05, 0) is 48.0 Å². The van der Waals surface area contributed by atoms with Gasteiger partial charge >= 0.3 is 0 Å². The number of ether oxygens (including phenoxy) is 1. The molecule has 1 aromatic carbocycles. The normalized spacial score (nSPS) is 10.6. The van der Waals surface area contributed by atoms with Crippen molar-refractivity contribution in [2.24, 2.45) is 0 Å². The van der Waals surface area contributed by atoms with Gasteiger partial charge in [-0.2, -0.15) is 5.10 Å². The molecule has 0 saturated carbocycles. The second-order valence-electron chi connectivity index (χ2n) is 6.08. The van der Waals surface area contributed by atoms with Crippen LogP contribution in [0.1, 0.15) is 16.1 Å². The van der Waals surface area contributed by atoms with E-state index >= 15 is 0 Å². The van der Waals surface area contributed by atoms with Crippen molar-refractivity contribution in [3.05, 3.63) is 78.3 Å². The van der Waals surface area contributed by atoms with Gasteiger partial charge in [0.05, 0.1) is 19.1 Å². The van der Waals surface area contributed by atoms with Gasteiger partial charge in [-0.15, -0.1) is 0 Å². The van der Waals surface area contributed by atoms with E-state index in [9.17, 15) is 4.79 Å². The number of methoxy groups -OCH3 is 1. The summed E-state index contributed by atoms with van der Waals surface area (Å²) in [7, 11) is 1.60. The number of H-pyrrole nitrogens is 1. The minimum absolute atomic E-state index is 0.245. The number of hydrogen-bond acceptors (Lipinski definition) is 5. The van der Waals surface area contributed by atoms with Crippen LogP contribution in [0.25, 0.3) is 22.7 Å². The van der Waals surface area contributed by atoms with Gasteiger partial charge in [-0.25, -0.2) is 0 Å². The highest BCUT2D eigenvalue weighted by molar-refractivity contribution is 5.93. The average Bonchev–Trinajstić information content (AvgIpc) is 3.44. The summed E-state index contributed by atoms with van der Waals surface area (Å²) < 4.78 is 10.7. The molecule has 0 spiro atoms. The van der Waals surface area contributed by atoms with Gasteiger partial charge in [0, 0.05) is 18.3 Å². The Morgan fingerprint density at radius 1 is 1.14 bits per heavy atom. The molecule has 0 radical (unpaired) electrons. The van der Waals surface area contributed by atoms with E-state index < -0.39 is 0 Å². The van der Waals surface area contributed by atoms with Crippen LogP contribution in [0.2, 0.25) is 0 Å². The quantitative estimate of drug-likeness (QED) is 0.537. The zero-order chi connectivity index (χ0) is 19.3. The smallest absolute Gasteiger partial charge is 0.269 e. The van der Waals surface area contributed by atoms with E-state index in [1.54, 1.807) is 25.6 Å². The van der Waals surface area contributed by atoms with Crippen LogP contribution in [0.15, 0.2) is 71.5 Å². The maximum Gasteiger partial charge on any atom is 0.269 e. The first-order valence-corrected chi connectivity index (χ1v) is 8.70. The lowest BCUT2D eigenvalue weighted by molar-refractivity contribution is 0.0946. The van der Waals surface area contributed by atoms with Crippen LogP contribution in [0, 0.1) is 0 Å². The van der Waals surface area contributed by atoms with Crippen molar-refractivity contribution < 1.29 is 13.9 Å². The number of pyridine rings is 1. The standard InChI is InChI=1S/C21H18N4O3/c1-27-19-6-3-2-5-15(19)16-12-18(25-24-16)21(26)23-13-14-8-9-22-17(11-14)20-7-4-10-28-20/h2-12H,13H2,1H3,(H,23,26)(H,24,25). The Kier molecular flexibility index (Phi) is 4.88. The van der Waals surface area contributed by atoms with Crippen LogP contribution >= 0.6 is 0 Å². The van der Waals surface area contributed by atoms with Crippen molar-refractivity contribution in [2.75, 3.05) is 7.11 Å². The fraction of sp³-hybridized carbons (Fsp3) is 0.0952. The molecule has 3 aromatic heterocycles. The van der Waals surface area contributed by atoms with Crippen molar-refractivity contribution in [3.63, 3.8) is 0 Å². The number of furan rings is 1. The number of nitrogens with one attached hydrogen (secondary N) is 2. The van der Waals surface area contributed by atoms with Gasteiger partial charge in [0.1, 0.15) is 17.1 Å². The number of carbonyl (C=O) groups excluding carboxylic acids is 1. The van der Waals surface area contributed by atoms with Gasteiger partial charge in [0.2, 0.25) is 0 Å². The van der Waals surface area contributed by atoms with Gasteiger partial charge in [0.25, 0.3) is 5.91 Å². The molecule has 140 valence electrons. The monoisotopic (exact) mass is 374 g/mol. The summed E-state index contributed by atoms with van der Waals surface area (Å²) >= 11 is 0. The first kappa shape index (κ1) is 17.5. The number of hydrogen-bond donors (Lipinski definition) is 2. The van der Waals surface area contributed by atoms with E-state index in [-0.39, 0.29) is 5.91 Å². The lowest BCUT2D eigenvalue weighted by atomic mass is 10.1. The van der Waals surface area contributed by atoms with E-state index in [0.717, 1.165) is 16.8 Å². The van der Waals surface area contributed by atoms with E-state index in [1.165, 1.54) is 0 Å². The number of aromatic nitrogens is 3. The highest BCUT2D eigenvalue weighted by Crippen LogP contribution is 2.28. The summed E-state index contributed by atoms with van der Waals surface area (Å²) in [5, 5.41) is 9.89. The Bertz CT molecular complexity index is 1090. The topological polar surface area (TPSA) is 93.0 Å². The zero-order valence-corrected chi connectivity index (χ0v) is 15.2. The van der Waals surface area contributed by atoms with E-state index in [1.807, 2.05) is 48.5 Å². The largest absolute Gasteiger partial charge is 0.496 e. The molecule has 0 aliphatic rings. The third kappa shape index (κ3) is 3.64. The second kappa shape index (κ2) is 7.79. The van der Waals surface area contributed by atoms with Gasteiger partial charge in [-0.3, -0.25) is 14.9 Å². The van der Waals surface area contributed by atoms with Crippen LogP contribution in [0.3, 0.4) is 0 Å². The average molecular weight is 374 g/mol. The second-order valence-corrected chi connectivity index (χ2v) is 6.08. The third-order valence-corrected chi connectivity index (χ3v) is 4.26. The predicted molar refractivity (Wildman–Crippen MR) is 104 cm³/mol. The molecule has 7 heteroatoms. The highest BCUT2D eigenvalue weighted by Gasteiger charge is 2.13. The number of benzene rings is 1. The molecule has 1 amide bonds. The zero-order valence-electron chi connectivity index (χ0n) is 15.2. The van der Waals surface area contributed by atoms with Crippen LogP contribution in [0.4, 0.5) is 0 Å². The molecule has 0 bridgehead atoms. The molecule has 4 aromatic rings. The number of amides is 1. The molecule has 28 heavy (non-hydrogen) atoms. The minimum atomic E-state index is -0.245. The predicted octanol–water partition coefficient (Wildman–Crippen LogP) is 3.67. The number of rotatable bonds is 6. The number of para-hydroxylation sites is 1. The lowest BCUT2D eigenvalue weighted by Crippen LogP contribution is -2.23. The van der Waals surface area contributed by atoms with Gasteiger partial charge in [0.15, 0.2) is 5.76 Å². The van der Waals surface area contributed by atoms with E-state index in [4.69, 9.17) is 9.15 Å². The first-order chi connectivity index (χ1) is 13.7. The summed E-state index contributed by atoms with van der Waals surface area (Å²) in [5.74, 6) is 1.14. The number of aromatic amines is 1. The van der Waals surface area contributed by atoms with Crippen molar-refractivity contribution in [3.8, 4) is 28.5 Å². The summed E-state index contributed by atoms with van der Waals surface area (Å²) in [6.45, 7) is 0.359. The fourth-order valence-corrected chi connectivity index (χ4v) is 2.85. The molecule has 0 aliphatic carbocycles. The molecule has 0 atom stereocenters. The van der Waals surface area contributed by atoms with Crippen molar-refractivity contribution >= 4 is 5.91 Å². The van der Waals surface area contributed by atoms with Crippen molar-refractivity contribution in [2.45, 2.75) is 6.54 Å². The van der Waals surface area contributed by atoms with Crippen LogP contribution in [-0.2, 0) is 6.54 Å². The third-order valence-electron chi connectivity index (χ3n) is 4.26. The fourth-order valence-electron chi connectivity index (χ4n) is 2.85. The lowest BCUT2D eigenvalue weighted by Gasteiger charge is -2.05. The summed E-state index contributed by atoms with van der Waals surface area (Å²) in [4.78, 5) is 16.8. The molecule has 0 unspecified atom stereocenters. The van der Waals surface area contributed by atoms with Crippen molar-refractivity contribution in [1.82, 2.24) is 20.5 Å². The summed E-state index contributed by atoms with van der Waals surface area (Å²) in [6, 6.07) is 16.6. The molecule has 0 saturated heterocycles. The molecule has 3 heterocycles. The van der Waals surface area contributed by atoms with Crippen molar-refractivity contribution in [1.29, 1.82) is 0 Å². The van der Waals surface area contributed by atoms with E-state index in [2.05, 4.69) is 20.5 Å². The summed E-state index contributed by atoms with van der Waals surface area (Å²) in [6.07, 6.45) is 3.29. The molecule has 7 nitrogen and oxygen atoms in total. The van der Waals surface area contributed by atoms with Gasteiger partial charge in [-0.1, -0.05) is 12.1 Å². The molecule has 0 aliphatic heterocycles. The Balaban J connectivity index is 1.45. The van der Waals surface area contributed by atoms with Gasteiger partial charge < -0.3 is 14.5 Å². The van der Waals surface area contributed by atoms with Crippen LogP contribution < -0.4 is 10.1 Å². The molecule has 4 rings (SSSR count). The Morgan fingerprint density at radius 3 is 2.86 bits per heavy atom. The maximum atomic E-state index is 12.5. The molecule has 0 fully saturated rings. The van der Waals surface area contributed by atoms with Crippen LogP contribution in [-0.4, -0.2) is 28.2 Å². The van der Waals surface area contributed by atoms with E-state index in [0.29, 0.717) is 29.4 Å². The molecular formula is C21H18N4O3. The number of nitrogens with zero attached hydrogens (tertiary/aromatic N) is 2. The first-order valence-electron chi connectivity index (χ1n) is 8.70. The maximum absolute atomic E-state index is 12.5. The molecular weight excluding hydrogens is 356 g/mol. The molecule has 2 N–H and O–H groups in total. The Hall–Kier alpha value is -3.87. The number of carbonyl (C=O) groups is 1. The van der Waals surface area contributed by atoms with Crippen LogP contribution in [0.5, 0.6) is 5.75 Å². The Morgan fingerprint density at radius 2 is 2.04 bits per heavy atom. The summed E-state index contributed by atoms with van der Waals surface area (Å²) in [5.41, 5.74) is 3.47. The SMILES string of the molecule is COc1ccccc1-c1cc(C(=O)NCc2ccnc(-c3ccco3)c2)[nH]n1. The minimum Gasteiger partial charge on any atom is -0.496 e.